The number of nitrogens with one attached hydrogen (secondary N) is 1. The molecule has 0 unspecified atom stereocenters. The summed E-state index contributed by atoms with van der Waals surface area (Å²) in [5.74, 6) is -1.01. The lowest BCUT2D eigenvalue weighted by atomic mass is 10.1. The molecule has 0 radical (unpaired) electrons. The quantitative estimate of drug-likeness (QED) is 0.425. The number of aliphatic carboxylic acids is 1. The normalized spacial score (nSPS) is 11.7. The van der Waals surface area contributed by atoms with Crippen LogP contribution in [0.4, 0.5) is 4.79 Å². The topological polar surface area (TPSA) is 75.6 Å². The number of carbonyl (C=O) groups excluding carboxylic acids is 1. The van der Waals surface area contributed by atoms with Gasteiger partial charge in [0, 0.05) is 0 Å². The average molecular weight is 285 g/mol. The van der Waals surface area contributed by atoms with Crippen LogP contribution in [0.2, 0.25) is 0 Å². The molecule has 2 N–H and O–H groups in total. The van der Waals surface area contributed by atoms with E-state index in [9.17, 15) is 9.59 Å². The van der Waals surface area contributed by atoms with Gasteiger partial charge in [0.15, 0.2) is 0 Å². The Kier molecular flexibility index (Phi) is 11.6. The minimum Gasteiger partial charge on any atom is -0.480 e. The van der Waals surface area contributed by atoms with Crippen LogP contribution in [0.3, 0.4) is 0 Å². The molecule has 5 heteroatoms. The standard InChI is InChI=1S/C15H27NO4/c1-3-5-7-8-9-10-12-20-15(19)16-13(14(17)18)11-6-4-2/h3,13H,1,4-12H2,2H3,(H,16,19)(H,17,18)/t13-/m0/s1. The Labute approximate surface area is 121 Å². The maximum Gasteiger partial charge on any atom is 0.407 e. The number of unbranched alkanes of at least 4 members (excludes halogenated alkanes) is 5. The summed E-state index contributed by atoms with van der Waals surface area (Å²) in [6.07, 6.45) is 8.36. The van der Waals surface area contributed by atoms with Crippen molar-refractivity contribution in [3.8, 4) is 0 Å². The van der Waals surface area contributed by atoms with Gasteiger partial charge in [-0.15, -0.1) is 6.58 Å². The third kappa shape index (κ3) is 10.4. The number of ether oxygens (including phenoxy) is 1. The molecule has 0 aromatic carbocycles. The highest BCUT2D eigenvalue weighted by atomic mass is 16.5. The Morgan fingerprint density at radius 1 is 1.25 bits per heavy atom. The van der Waals surface area contributed by atoms with E-state index in [4.69, 9.17) is 9.84 Å². The smallest absolute Gasteiger partial charge is 0.407 e. The van der Waals surface area contributed by atoms with E-state index in [1.54, 1.807) is 0 Å². The van der Waals surface area contributed by atoms with E-state index in [0.29, 0.717) is 13.0 Å². The average Bonchev–Trinajstić information content (AvgIpc) is 2.42. The number of allylic oxidation sites excluding steroid dienone is 1. The molecule has 20 heavy (non-hydrogen) atoms. The first kappa shape index (κ1) is 18.5. The molecule has 1 atom stereocenters. The SMILES string of the molecule is C=CCCCCCCOC(=O)N[C@@H](CCCC)C(=O)O. The minimum atomic E-state index is -1.01. The molecule has 116 valence electrons. The second kappa shape index (κ2) is 12.5. The van der Waals surface area contributed by atoms with E-state index in [2.05, 4.69) is 11.9 Å². The number of carboxylic acid groups (broad SMARTS) is 1. The van der Waals surface area contributed by atoms with Gasteiger partial charge in [-0.05, 0) is 25.7 Å². The number of rotatable bonds is 12. The van der Waals surface area contributed by atoms with Crippen molar-refractivity contribution in [3.05, 3.63) is 12.7 Å². The van der Waals surface area contributed by atoms with Gasteiger partial charge < -0.3 is 15.2 Å². The van der Waals surface area contributed by atoms with Crippen molar-refractivity contribution in [3.63, 3.8) is 0 Å². The maximum atomic E-state index is 11.4. The molecule has 0 heterocycles. The Bertz CT molecular complexity index is 292. The van der Waals surface area contributed by atoms with E-state index in [1.807, 2.05) is 13.0 Å². The van der Waals surface area contributed by atoms with Crippen molar-refractivity contribution >= 4 is 12.1 Å². The minimum absolute atomic E-state index is 0.333. The van der Waals surface area contributed by atoms with E-state index >= 15 is 0 Å². The van der Waals surface area contributed by atoms with Crippen LogP contribution in [0.5, 0.6) is 0 Å². The fourth-order valence-corrected chi connectivity index (χ4v) is 1.76. The predicted molar refractivity (Wildman–Crippen MR) is 78.7 cm³/mol. The number of hydrogen-bond acceptors (Lipinski definition) is 3. The van der Waals surface area contributed by atoms with Gasteiger partial charge in [0.2, 0.25) is 0 Å². The van der Waals surface area contributed by atoms with Crippen molar-refractivity contribution in [2.75, 3.05) is 6.61 Å². The Hall–Kier alpha value is -1.52. The summed E-state index contributed by atoms with van der Waals surface area (Å²) < 4.78 is 4.98. The molecule has 5 nitrogen and oxygen atoms in total. The van der Waals surface area contributed by atoms with Crippen LogP contribution >= 0.6 is 0 Å². The third-order valence-electron chi connectivity index (χ3n) is 2.97. The highest BCUT2D eigenvalue weighted by Gasteiger charge is 2.19. The summed E-state index contributed by atoms with van der Waals surface area (Å²) >= 11 is 0. The second-order valence-corrected chi connectivity index (χ2v) is 4.80. The summed E-state index contributed by atoms with van der Waals surface area (Å²) in [5, 5.41) is 11.4. The first-order valence-electron chi connectivity index (χ1n) is 7.38. The summed E-state index contributed by atoms with van der Waals surface area (Å²) in [4.78, 5) is 22.4. The first-order chi connectivity index (χ1) is 9.61. The van der Waals surface area contributed by atoms with Gasteiger partial charge in [0.1, 0.15) is 6.04 Å². The molecule has 0 aliphatic heterocycles. The largest absolute Gasteiger partial charge is 0.480 e. The van der Waals surface area contributed by atoms with E-state index < -0.39 is 18.1 Å². The van der Waals surface area contributed by atoms with Crippen LogP contribution in [0, 0.1) is 0 Å². The zero-order valence-corrected chi connectivity index (χ0v) is 12.4. The van der Waals surface area contributed by atoms with Crippen molar-refractivity contribution in [1.82, 2.24) is 5.32 Å². The molecule has 0 saturated heterocycles. The fraction of sp³-hybridized carbons (Fsp3) is 0.733. The lowest BCUT2D eigenvalue weighted by Crippen LogP contribution is -2.41. The number of amides is 1. The molecule has 0 rings (SSSR count). The van der Waals surface area contributed by atoms with Gasteiger partial charge in [-0.3, -0.25) is 0 Å². The van der Waals surface area contributed by atoms with Crippen LogP contribution in [0.25, 0.3) is 0 Å². The molecule has 0 aliphatic carbocycles. The van der Waals surface area contributed by atoms with E-state index in [1.165, 1.54) is 0 Å². The summed E-state index contributed by atoms with van der Waals surface area (Å²) in [7, 11) is 0. The number of hydrogen-bond donors (Lipinski definition) is 2. The fourth-order valence-electron chi connectivity index (χ4n) is 1.76. The lowest BCUT2D eigenvalue weighted by molar-refractivity contribution is -0.139. The van der Waals surface area contributed by atoms with Crippen molar-refractivity contribution in [1.29, 1.82) is 0 Å². The highest BCUT2D eigenvalue weighted by molar-refractivity contribution is 5.79. The Morgan fingerprint density at radius 3 is 2.55 bits per heavy atom. The van der Waals surface area contributed by atoms with Crippen molar-refractivity contribution in [2.24, 2.45) is 0 Å². The van der Waals surface area contributed by atoms with Gasteiger partial charge in [-0.1, -0.05) is 38.7 Å². The molecule has 0 spiro atoms. The predicted octanol–water partition coefficient (Wildman–Crippen LogP) is 3.49. The maximum absolute atomic E-state index is 11.4. The molecule has 1 amide bonds. The lowest BCUT2D eigenvalue weighted by Gasteiger charge is -2.14. The number of carbonyl (C=O) groups is 2. The van der Waals surface area contributed by atoms with Gasteiger partial charge in [-0.2, -0.15) is 0 Å². The Balaban J connectivity index is 3.68. The van der Waals surface area contributed by atoms with Crippen LogP contribution in [0.1, 0.15) is 58.3 Å². The summed E-state index contributed by atoms with van der Waals surface area (Å²) in [6, 6.07) is -0.852. The van der Waals surface area contributed by atoms with E-state index in [0.717, 1.165) is 44.9 Å². The van der Waals surface area contributed by atoms with Crippen LogP contribution < -0.4 is 5.32 Å². The monoisotopic (exact) mass is 285 g/mol. The van der Waals surface area contributed by atoms with Crippen molar-refractivity contribution in [2.45, 2.75) is 64.3 Å². The Morgan fingerprint density at radius 2 is 1.95 bits per heavy atom. The van der Waals surface area contributed by atoms with Gasteiger partial charge in [-0.25, -0.2) is 9.59 Å². The van der Waals surface area contributed by atoms with Crippen LogP contribution in [-0.4, -0.2) is 29.8 Å². The molecular formula is C15H27NO4. The highest BCUT2D eigenvalue weighted by Crippen LogP contribution is 2.04. The molecule has 0 fully saturated rings. The molecule has 0 aliphatic rings. The zero-order valence-electron chi connectivity index (χ0n) is 12.4. The summed E-state index contributed by atoms with van der Waals surface area (Å²) in [6.45, 7) is 5.96. The van der Waals surface area contributed by atoms with Crippen LogP contribution in [0.15, 0.2) is 12.7 Å². The molecule has 0 aromatic heterocycles. The second-order valence-electron chi connectivity index (χ2n) is 4.80. The summed E-state index contributed by atoms with van der Waals surface area (Å²) in [5.41, 5.74) is 0. The van der Waals surface area contributed by atoms with Crippen molar-refractivity contribution < 1.29 is 19.4 Å². The number of alkyl carbamates (subject to hydrolysis) is 1. The van der Waals surface area contributed by atoms with Gasteiger partial charge in [0.05, 0.1) is 6.61 Å². The molecular weight excluding hydrogens is 258 g/mol. The number of carboxylic acids is 1. The molecule has 0 aromatic rings. The zero-order chi connectivity index (χ0) is 15.2. The van der Waals surface area contributed by atoms with Gasteiger partial charge in [0.25, 0.3) is 0 Å². The molecule has 0 bridgehead atoms. The van der Waals surface area contributed by atoms with Crippen LogP contribution in [-0.2, 0) is 9.53 Å². The first-order valence-corrected chi connectivity index (χ1v) is 7.38. The van der Waals surface area contributed by atoms with Gasteiger partial charge >= 0.3 is 12.1 Å². The third-order valence-corrected chi connectivity index (χ3v) is 2.97. The molecule has 0 saturated carbocycles. The van der Waals surface area contributed by atoms with E-state index in [-0.39, 0.29) is 0 Å².